The van der Waals surface area contributed by atoms with Gasteiger partial charge >= 0.3 is 11.9 Å². The van der Waals surface area contributed by atoms with E-state index in [2.05, 4.69) is 0 Å². The molecule has 0 amide bonds. The Labute approximate surface area is 330 Å². The number of ether oxygens (including phenoxy) is 9. The van der Waals surface area contributed by atoms with E-state index in [1.54, 1.807) is 12.1 Å². The molecule has 0 radical (unpaired) electrons. The molecule has 0 aromatic heterocycles. The third-order valence-electron chi connectivity index (χ3n) is 9.27. The van der Waals surface area contributed by atoms with Crippen molar-refractivity contribution in [2.45, 2.75) is 68.3 Å². The molecule has 10 unspecified atom stereocenters. The average molecular weight is 815 g/mol. The molecule has 6 rings (SSSR count). The van der Waals surface area contributed by atoms with E-state index in [0.717, 1.165) is 19.1 Å². The fourth-order valence-electron chi connectivity index (χ4n) is 6.28. The maximum atomic E-state index is 12.5. The summed E-state index contributed by atoms with van der Waals surface area (Å²) in [6.45, 7) is 0.0756. The molecule has 3 aliphatic rings. The molecule has 2 saturated heterocycles. The first-order chi connectivity index (χ1) is 27.7. The molecule has 58 heavy (non-hydrogen) atoms. The van der Waals surface area contributed by atoms with Crippen LogP contribution in [0.5, 0.6) is 40.2 Å². The number of esters is 2. The van der Waals surface area contributed by atoms with Crippen LogP contribution in [0.2, 0.25) is 0 Å². The quantitative estimate of drug-likeness (QED) is 0.0926. The van der Waals surface area contributed by atoms with Gasteiger partial charge < -0.3 is 83.5 Å². The Kier molecular flexibility index (Phi) is 12.8. The van der Waals surface area contributed by atoms with Gasteiger partial charge in [-0.05, 0) is 42.0 Å². The second-order valence-corrected chi connectivity index (χ2v) is 13.3. The molecule has 8 N–H and O–H groups in total. The second-order valence-electron chi connectivity index (χ2n) is 13.3. The first-order valence-corrected chi connectivity index (χ1v) is 17.7. The van der Waals surface area contributed by atoms with Crippen LogP contribution in [0.25, 0.3) is 12.2 Å². The van der Waals surface area contributed by atoms with Crippen LogP contribution in [0.1, 0.15) is 29.7 Å². The van der Waals surface area contributed by atoms with Crippen molar-refractivity contribution in [2.75, 3.05) is 27.4 Å². The first-order valence-electron chi connectivity index (χ1n) is 17.7. The monoisotopic (exact) mass is 814 g/mol. The summed E-state index contributed by atoms with van der Waals surface area (Å²) >= 11 is 0. The molecule has 19 nitrogen and oxygen atoms in total. The van der Waals surface area contributed by atoms with Crippen molar-refractivity contribution >= 4 is 24.1 Å². The molecule has 3 aromatic carbocycles. The summed E-state index contributed by atoms with van der Waals surface area (Å²) < 4.78 is 51.0. The topological polar surface area (TPSA) is 279 Å². The highest BCUT2D eigenvalue weighted by Gasteiger charge is 2.47. The zero-order valence-electron chi connectivity index (χ0n) is 31.1. The minimum Gasteiger partial charge on any atom is -0.508 e. The van der Waals surface area contributed by atoms with Crippen molar-refractivity contribution in [3.8, 4) is 40.2 Å². The Bertz CT molecular complexity index is 1990. The number of fused-ring (bicyclic) bond motifs is 1. The molecule has 0 aliphatic carbocycles. The first kappa shape index (κ1) is 41.8. The standard InChI is InChI=1S/C39H42O19/c1-17(40)54-37-31(45)23(43)15-53-39(37)56-25-13-21(42)12-24-22(25)14-28(36(55-24)19-10-26(50-2)32(46)27(11-19)51-3)57-38-35(49)34(48)33(47)29(58-38)16-52-30(44)9-6-18-4-7-20(41)8-5-18/h4-14,23,29,31,33-39,41-43,45-49H,15-16H2,1-3H3. The summed E-state index contributed by atoms with van der Waals surface area (Å²) in [4.78, 5) is 24.4. The van der Waals surface area contributed by atoms with Crippen LogP contribution in [-0.2, 0) is 33.3 Å². The van der Waals surface area contributed by atoms with E-state index in [4.69, 9.17) is 42.6 Å². The largest absolute Gasteiger partial charge is 0.508 e. The summed E-state index contributed by atoms with van der Waals surface area (Å²) in [7, 11) is 2.59. The van der Waals surface area contributed by atoms with Gasteiger partial charge in [0.05, 0.1) is 26.4 Å². The summed E-state index contributed by atoms with van der Waals surface area (Å²) in [5.41, 5.74) is 0.882. The zero-order chi connectivity index (χ0) is 41.8. The van der Waals surface area contributed by atoms with E-state index in [1.807, 2.05) is 0 Å². The van der Waals surface area contributed by atoms with Gasteiger partial charge in [0, 0.05) is 30.7 Å². The highest BCUT2D eigenvalue weighted by molar-refractivity contribution is 5.87. The molecule has 3 aliphatic heterocycles. The van der Waals surface area contributed by atoms with Crippen molar-refractivity contribution in [3.63, 3.8) is 0 Å². The third kappa shape index (κ3) is 9.16. The van der Waals surface area contributed by atoms with Crippen LogP contribution in [-0.4, -0.2) is 136 Å². The van der Waals surface area contributed by atoms with Crippen molar-refractivity contribution in [1.29, 1.82) is 0 Å². The molecular formula is C39H42O19. The number of hydrogen-bond acceptors (Lipinski definition) is 19. The van der Waals surface area contributed by atoms with E-state index in [9.17, 15) is 50.4 Å². The van der Waals surface area contributed by atoms with Gasteiger partial charge in [-0.15, -0.1) is 0 Å². The minimum atomic E-state index is -1.90. The fraction of sp³-hybridized carbons (Fsp3) is 0.385. The summed E-state index contributed by atoms with van der Waals surface area (Å²) in [5, 5.41) is 84.3. The predicted molar refractivity (Wildman–Crippen MR) is 194 cm³/mol. The van der Waals surface area contributed by atoms with Crippen LogP contribution in [0, 0.1) is 0 Å². The second kappa shape index (κ2) is 17.8. The van der Waals surface area contributed by atoms with Gasteiger partial charge in [-0.25, -0.2) is 4.79 Å². The number of aromatic hydroxyl groups is 3. The van der Waals surface area contributed by atoms with Gasteiger partial charge in [-0.1, -0.05) is 12.1 Å². The maximum Gasteiger partial charge on any atom is 0.330 e. The lowest BCUT2D eigenvalue weighted by Gasteiger charge is -2.41. The number of phenols is 3. The molecule has 3 heterocycles. The molecule has 0 spiro atoms. The van der Waals surface area contributed by atoms with Crippen LogP contribution in [0.4, 0.5) is 0 Å². The Balaban J connectivity index is 1.33. The van der Waals surface area contributed by atoms with Crippen molar-refractivity contribution in [2.24, 2.45) is 0 Å². The van der Waals surface area contributed by atoms with Gasteiger partial charge in [0.15, 0.2) is 23.7 Å². The zero-order valence-corrected chi connectivity index (χ0v) is 31.1. The van der Waals surface area contributed by atoms with E-state index < -0.39 is 86.6 Å². The number of rotatable bonds is 12. The van der Waals surface area contributed by atoms with E-state index in [-0.39, 0.29) is 57.1 Å². The Morgan fingerprint density at radius 3 is 2.16 bits per heavy atom. The average Bonchev–Trinajstić information content (AvgIpc) is 3.20. The number of methoxy groups -OCH3 is 2. The highest BCUT2D eigenvalue weighted by atomic mass is 16.7. The number of hydrogen-bond donors (Lipinski definition) is 8. The molecular weight excluding hydrogens is 772 g/mol. The number of aliphatic hydroxyl groups excluding tert-OH is 5. The molecule has 19 heteroatoms. The number of carbonyl (C=O) groups is 2. The SMILES string of the molecule is COc1cc(C2Oc3cc(O)cc(OC4OCC(O)C(O)C4OC(C)=O)c3C=C2OC2OC(COC(=O)C=Cc3ccc(O)cc3)C(O)C(O)C2O)cc(OC)c1O. The van der Waals surface area contributed by atoms with Crippen LogP contribution in [0.15, 0.2) is 60.4 Å². The van der Waals surface area contributed by atoms with E-state index >= 15 is 0 Å². The lowest BCUT2D eigenvalue weighted by molar-refractivity contribution is -0.294. The molecule has 0 bridgehead atoms. The van der Waals surface area contributed by atoms with E-state index in [1.165, 1.54) is 56.7 Å². The van der Waals surface area contributed by atoms with Crippen molar-refractivity contribution in [3.05, 3.63) is 77.1 Å². The highest BCUT2D eigenvalue weighted by Crippen LogP contribution is 2.48. The minimum absolute atomic E-state index is 0.0236. The fourth-order valence-corrected chi connectivity index (χ4v) is 6.28. The van der Waals surface area contributed by atoms with E-state index in [0.29, 0.717) is 5.56 Å². The van der Waals surface area contributed by atoms with Crippen molar-refractivity contribution in [1.82, 2.24) is 0 Å². The number of aliphatic hydroxyl groups is 5. The lowest BCUT2D eigenvalue weighted by atomic mass is 9.98. The third-order valence-corrected chi connectivity index (χ3v) is 9.27. The van der Waals surface area contributed by atoms with Gasteiger partial charge in [0.1, 0.15) is 72.0 Å². The van der Waals surface area contributed by atoms with Gasteiger partial charge in [-0.3, -0.25) is 4.79 Å². The molecule has 312 valence electrons. The predicted octanol–water partition coefficient (Wildman–Crippen LogP) is 0.765. The normalized spacial score (nSPS) is 28.0. The van der Waals surface area contributed by atoms with Gasteiger partial charge in [0.25, 0.3) is 0 Å². The van der Waals surface area contributed by atoms with Crippen LogP contribution < -0.4 is 18.9 Å². The molecule has 3 aromatic rings. The number of phenolic OH excluding ortho intramolecular Hbond substituents is 3. The number of carbonyl (C=O) groups excluding carboxylic acids is 2. The van der Waals surface area contributed by atoms with Crippen LogP contribution in [0.3, 0.4) is 0 Å². The van der Waals surface area contributed by atoms with Gasteiger partial charge in [0.2, 0.25) is 18.3 Å². The summed E-state index contributed by atoms with van der Waals surface area (Å²) in [6.07, 6.45) is -12.2. The Hall–Kier alpha value is -5.80. The molecule has 0 saturated carbocycles. The Morgan fingerprint density at radius 2 is 1.50 bits per heavy atom. The number of benzene rings is 3. The summed E-state index contributed by atoms with van der Waals surface area (Å²) in [5.74, 6) is -2.75. The molecule has 2 fully saturated rings. The van der Waals surface area contributed by atoms with Crippen LogP contribution >= 0.6 is 0 Å². The Morgan fingerprint density at radius 1 is 0.810 bits per heavy atom. The lowest BCUT2D eigenvalue weighted by Crippen LogP contribution is -2.59. The molecule has 10 atom stereocenters. The smallest absolute Gasteiger partial charge is 0.330 e. The van der Waals surface area contributed by atoms with Gasteiger partial charge in [-0.2, -0.15) is 0 Å². The van der Waals surface area contributed by atoms with Crippen molar-refractivity contribution < 1.29 is 93.1 Å². The maximum absolute atomic E-state index is 12.5. The summed E-state index contributed by atoms with van der Waals surface area (Å²) in [6, 6.07) is 11.1.